The minimum atomic E-state index is -0.411. The Bertz CT molecular complexity index is 841. The van der Waals surface area contributed by atoms with Gasteiger partial charge in [-0.1, -0.05) is 86.3 Å². The quantitative estimate of drug-likeness (QED) is 0.557. The molecule has 0 heterocycles. The molecule has 1 aliphatic rings. The number of benzene rings is 2. The molecule has 0 aliphatic heterocycles. The monoisotopic (exact) mass is 434 g/mol. The highest BCUT2D eigenvalue weighted by Gasteiger charge is 2.29. The van der Waals surface area contributed by atoms with Crippen LogP contribution in [0, 0.1) is 6.92 Å². The lowest BCUT2D eigenvalue weighted by Gasteiger charge is -2.33. The zero-order chi connectivity index (χ0) is 22.8. The van der Waals surface area contributed by atoms with Gasteiger partial charge in [-0.05, 0) is 50.2 Å². The maximum Gasteiger partial charge on any atom is 0.243 e. The van der Waals surface area contributed by atoms with Crippen LogP contribution in [0.4, 0.5) is 0 Å². The molecule has 2 amide bonds. The van der Waals surface area contributed by atoms with E-state index in [-0.39, 0.29) is 17.9 Å². The molecule has 172 valence electrons. The first-order valence-corrected chi connectivity index (χ1v) is 12.3. The van der Waals surface area contributed by atoms with Gasteiger partial charge in [-0.3, -0.25) is 9.59 Å². The number of nitrogens with zero attached hydrogens (tertiary/aromatic N) is 1. The lowest BCUT2D eigenvalue weighted by Crippen LogP contribution is -2.52. The molecule has 0 unspecified atom stereocenters. The Morgan fingerprint density at radius 1 is 0.938 bits per heavy atom. The van der Waals surface area contributed by atoms with E-state index in [4.69, 9.17) is 0 Å². The molecule has 0 spiro atoms. The summed E-state index contributed by atoms with van der Waals surface area (Å²) in [6.07, 6.45) is 8.20. The first-order valence-electron chi connectivity index (χ1n) is 12.3. The number of hydrogen-bond acceptors (Lipinski definition) is 2. The SMILES string of the molecule is CC[C@H](C(=O)NC1CCCCC1)N(CCc1ccccc1)C(=O)CCc1ccc(C)cc1. The Labute approximate surface area is 193 Å². The summed E-state index contributed by atoms with van der Waals surface area (Å²) < 4.78 is 0. The summed E-state index contributed by atoms with van der Waals surface area (Å²) in [4.78, 5) is 28.4. The van der Waals surface area contributed by atoms with Gasteiger partial charge in [0.15, 0.2) is 0 Å². The van der Waals surface area contributed by atoms with E-state index >= 15 is 0 Å². The number of nitrogens with one attached hydrogen (secondary N) is 1. The van der Waals surface area contributed by atoms with Gasteiger partial charge in [0.2, 0.25) is 11.8 Å². The van der Waals surface area contributed by atoms with Crippen LogP contribution in [0.5, 0.6) is 0 Å². The van der Waals surface area contributed by atoms with E-state index in [2.05, 4.69) is 48.6 Å². The number of rotatable bonds is 10. The molecule has 4 nitrogen and oxygen atoms in total. The van der Waals surface area contributed by atoms with Crippen molar-refractivity contribution >= 4 is 11.8 Å². The predicted octanol–water partition coefficient (Wildman–Crippen LogP) is 5.23. The van der Waals surface area contributed by atoms with E-state index in [1.807, 2.05) is 30.0 Å². The number of aryl methyl sites for hydroxylation is 2. The summed E-state index contributed by atoms with van der Waals surface area (Å²) in [5.74, 6) is 0.0725. The fraction of sp³-hybridized carbons (Fsp3) is 0.500. The van der Waals surface area contributed by atoms with Gasteiger partial charge in [0.1, 0.15) is 6.04 Å². The van der Waals surface area contributed by atoms with Crippen LogP contribution in [0.15, 0.2) is 54.6 Å². The molecule has 1 fully saturated rings. The Morgan fingerprint density at radius 3 is 2.25 bits per heavy atom. The smallest absolute Gasteiger partial charge is 0.243 e. The average molecular weight is 435 g/mol. The second kappa shape index (κ2) is 12.4. The van der Waals surface area contributed by atoms with Crippen molar-refractivity contribution in [1.29, 1.82) is 0 Å². The van der Waals surface area contributed by atoms with Crippen LogP contribution in [0.1, 0.15) is 68.6 Å². The third-order valence-corrected chi connectivity index (χ3v) is 6.57. The summed E-state index contributed by atoms with van der Waals surface area (Å²) in [6, 6.07) is 18.4. The summed E-state index contributed by atoms with van der Waals surface area (Å²) in [7, 11) is 0. The Morgan fingerprint density at radius 2 is 1.59 bits per heavy atom. The van der Waals surface area contributed by atoms with Gasteiger partial charge >= 0.3 is 0 Å². The Kier molecular flexibility index (Phi) is 9.33. The van der Waals surface area contributed by atoms with Crippen LogP contribution in [0.3, 0.4) is 0 Å². The number of carbonyl (C=O) groups excluding carboxylic acids is 2. The van der Waals surface area contributed by atoms with Gasteiger partial charge in [0.05, 0.1) is 0 Å². The largest absolute Gasteiger partial charge is 0.352 e. The Balaban J connectivity index is 1.68. The maximum absolute atomic E-state index is 13.3. The second-order valence-corrected chi connectivity index (χ2v) is 9.08. The molecule has 1 atom stereocenters. The molecule has 2 aromatic carbocycles. The van der Waals surface area contributed by atoms with Crippen molar-refractivity contribution in [2.24, 2.45) is 0 Å². The molecule has 2 aromatic rings. The minimum Gasteiger partial charge on any atom is -0.352 e. The highest BCUT2D eigenvalue weighted by atomic mass is 16.2. The summed E-state index contributed by atoms with van der Waals surface area (Å²) in [6.45, 7) is 4.64. The van der Waals surface area contributed by atoms with Crippen LogP contribution in [0.25, 0.3) is 0 Å². The number of amides is 2. The highest BCUT2D eigenvalue weighted by molar-refractivity contribution is 5.88. The summed E-state index contributed by atoms with van der Waals surface area (Å²) in [5, 5.41) is 3.25. The molecule has 1 aliphatic carbocycles. The molecular formula is C28H38N2O2. The normalized spacial score (nSPS) is 15.2. The number of hydrogen-bond donors (Lipinski definition) is 1. The van der Waals surface area contributed by atoms with Crippen molar-refractivity contribution in [3.05, 3.63) is 71.3 Å². The summed E-state index contributed by atoms with van der Waals surface area (Å²) in [5.41, 5.74) is 3.56. The molecule has 0 bridgehead atoms. The lowest BCUT2D eigenvalue weighted by atomic mass is 9.95. The van der Waals surface area contributed by atoms with Gasteiger partial charge in [-0.25, -0.2) is 0 Å². The third kappa shape index (κ3) is 7.22. The average Bonchev–Trinajstić information content (AvgIpc) is 2.82. The number of carbonyl (C=O) groups is 2. The van der Waals surface area contributed by atoms with E-state index in [0.29, 0.717) is 25.8 Å². The van der Waals surface area contributed by atoms with Gasteiger partial charge in [0, 0.05) is 19.0 Å². The molecule has 3 rings (SSSR count). The first kappa shape index (κ1) is 24.0. The van der Waals surface area contributed by atoms with Crippen molar-refractivity contribution in [3.8, 4) is 0 Å². The van der Waals surface area contributed by atoms with Crippen molar-refractivity contribution in [3.63, 3.8) is 0 Å². The fourth-order valence-corrected chi connectivity index (χ4v) is 4.59. The van der Waals surface area contributed by atoms with Crippen LogP contribution in [-0.2, 0) is 22.4 Å². The van der Waals surface area contributed by atoms with Gasteiger partial charge in [-0.15, -0.1) is 0 Å². The first-order chi connectivity index (χ1) is 15.6. The molecule has 0 saturated heterocycles. The minimum absolute atomic E-state index is 0.0103. The van der Waals surface area contributed by atoms with Crippen LogP contribution < -0.4 is 5.32 Å². The predicted molar refractivity (Wildman–Crippen MR) is 130 cm³/mol. The zero-order valence-corrected chi connectivity index (χ0v) is 19.7. The Hall–Kier alpha value is -2.62. The topological polar surface area (TPSA) is 49.4 Å². The van der Waals surface area contributed by atoms with Crippen molar-refractivity contribution in [2.75, 3.05) is 6.54 Å². The van der Waals surface area contributed by atoms with Crippen LogP contribution in [0.2, 0.25) is 0 Å². The fourth-order valence-electron chi connectivity index (χ4n) is 4.59. The standard InChI is InChI=1S/C28H38N2O2/c1-3-26(28(32)29-25-12-8-5-9-13-25)30(21-20-23-10-6-4-7-11-23)27(31)19-18-24-16-14-22(2)15-17-24/h4,6-7,10-11,14-17,25-26H,3,5,8-9,12-13,18-21H2,1-2H3,(H,29,32)/t26-/m1/s1. The van der Waals surface area contributed by atoms with E-state index in [0.717, 1.165) is 24.8 Å². The van der Waals surface area contributed by atoms with E-state index in [1.165, 1.54) is 30.4 Å². The molecule has 1 saturated carbocycles. The highest BCUT2D eigenvalue weighted by Crippen LogP contribution is 2.19. The molecular weight excluding hydrogens is 396 g/mol. The van der Waals surface area contributed by atoms with Crippen LogP contribution >= 0.6 is 0 Å². The van der Waals surface area contributed by atoms with Gasteiger partial charge in [0.25, 0.3) is 0 Å². The van der Waals surface area contributed by atoms with Crippen molar-refractivity contribution in [1.82, 2.24) is 10.2 Å². The molecule has 1 N–H and O–H groups in total. The van der Waals surface area contributed by atoms with Crippen LogP contribution in [-0.4, -0.2) is 35.3 Å². The van der Waals surface area contributed by atoms with E-state index < -0.39 is 6.04 Å². The molecule has 0 radical (unpaired) electrons. The third-order valence-electron chi connectivity index (χ3n) is 6.57. The second-order valence-electron chi connectivity index (χ2n) is 9.08. The van der Waals surface area contributed by atoms with E-state index in [9.17, 15) is 9.59 Å². The van der Waals surface area contributed by atoms with E-state index in [1.54, 1.807) is 0 Å². The van der Waals surface area contributed by atoms with Gasteiger partial charge in [-0.2, -0.15) is 0 Å². The zero-order valence-electron chi connectivity index (χ0n) is 19.7. The lowest BCUT2D eigenvalue weighted by molar-refractivity contribution is -0.141. The molecule has 4 heteroatoms. The molecule has 32 heavy (non-hydrogen) atoms. The van der Waals surface area contributed by atoms with Crippen molar-refractivity contribution in [2.45, 2.75) is 83.7 Å². The van der Waals surface area contributed by atoms with Gasteiger partial charge < -0.3 is 10.2 Å². The van der Waals surface area contributed by atoms with Crippen molar-refractivity contribution < 1.29 is 9.59 Å². The maximum atomic E-state index is 13.3. The molecule has 0 aromatic heterocycles. The summed E-state index contributed by atoms with van der Waals surface area (Å²) >= 11 is 0.